The predicted molar refractivity (Wildman–Crippen MR) is 52.9 cm³/mol. The fraction of sp³-hybridized carbons (Fsp3) is 0.900. The highest BCUT2D eigenvalue weighted by Gasteiger charge is 2.19. The summed E-state index contributed by atoms with van der Waals surface area (Å²) < 4.78 is 15.4. The first kappa shape index (κ1) is 13.4. The lowest BCUT2D eigenvalue weighted by Crippen LogP contribution is -2.32. The quantitative estimate of drug-likeness (QED) is 0.360. The van der Waals surface area contributed by atoms with Crippen LogP contribution < -0.4 is 0 Å². The smallest absolute Gasteiger partial charge is 0.303 e. The summed E-state index contributed by atoms with van der Waals surface area (Å²) in [6, 6.07) is 0. The molecule has 0 saturated heterocycles. The fourth-order valence-electron chi connectivity index (χ4n) is 1.06. The van der Waals surface area contributed by atoms with Gasteiger partial charge in [0.1, 0.15) is 6.10 Å². The van der Waals surface area contributed by atoms with Gasteiger partial charge in [0, 0.05) is 20.6 Å². The number of methoxy groups -OCH3 is 1. The number of carbonyl (C=O) groups excluding carboxylic acids is 1. The average molecular weight is 204 g/mol. The van der Waals surface area contributed by atoms with Crippen molar-refractivity contribution in [3.05, 3.63) is 0 Å². The third-order valence-corrected chi connectivity index (χ3v) is 1.75. The first-order chi connectivity index (χ1) is 6.61. The Hall–Kier alpha value is -0.610. The van der Waals surface area contributed by atoms with Crippen molar-refractivity contribution in [2.24, 2.45) is 0 Å². The molecule has 84 valence electrons. The van der Waals surface area contributed by atoms with Crippen molar-refractivity contribution in [2.45, 2.75) is 46.0 Å². The highest BCUT2D eigenvalue weighted by molar-refractivity contribution is 5.66. The molecule has 0 aromatic carbocycles. The van der Waals surface area contributed by atoms with Crippen LogP contribution in [-0.4, -0.2) is 32.1 Å². The van der Waals surface area contributed by atoms with Crippen LogP contribution in [0.15, 0.2) is 0 Å². The van der Waals surface area contributed by atoms with Gasteiger partial charge in [-0.1, -0.05) is 13.3 Å². The summed E-state index contributed by atoms with van der Waals surface area (Å²) in [7, 11) is 1.54. The summed E-state index contributed by atoms with van der Waals surface area (Å²) in [6.45, 7) is 5.83. The zero-order valence-electron chi connectivity index (χ0n) is 9.41. The van der Waals surface area contributed by atoms with E-state index in [-0.39, 0.29) is 12.1 Å². The van der Waals surface area contributed by atoms with Crippen molar-refractivity contribution in [3.8, 4) is 0 Å². The molecule has 4 heteroatoms. The Bertz CT molecular complexity index is 158. The molecule has 0 radical (unpaired) electrons. The molecule has 0 aliphatic rings. The van der Waals surface area contributed by atoms with Gasteiger partial charge in [-0.2, -0.15) is 0 Å². The van der Waals surface area contributed by atoms with Gasteiger partial charge in [0.25, 0.3) is 0 Å². The molecule has 0 aliphatic heterocycles. The zero-order valence-corrected chi connectivity index (χ0v) is 9.41. The van der Waals surface area contributed by atoms with E-state index in [2.05, 4.69) is 6.92 Å². The van der Waals surface area contributed by atoms with Crippen LogP contribution >= 0.6 is 0 Å². The molecular weight excluding hydrogens is 184 g/mol. The summed E-state index contributed by atoms with van der Waals surface area (Å²) >= 11 is 0. The van der Waals surface area contributed by atoms with Crippen LogP contribution in [-0.2, 0) is 19.0 Å². The van der Waals surface area contributed by atoms with Crippen molar-refractivity contribution in [1.82, 2.24) is 0 Å². The largest absolute Gasteiger partial charge is 0.457 e. The second-order valence-corrected chi connectivity index (χ2v) is 3.14. The molecule has 4 nitrogen and oxygen atoms in total. The maximum atomic E-state index is 10.7. The number of esters is 1. The van der Waals surface area contributed by atoms with Gasteiger partial charge in [0.15, 0.2) is 6.29 Å². The number of ether oxygens (including phenoxy) is 3. The molecule has 2 atom stereocenters. The Balaban J connectivity index is 3.80. The Labute approximate surface area is 85.5 Å². The van der Waals surface area contributed by atoms with Crippen molar-refractivity contribution in [3.63, 3.8) is 0 Å². The third kappa shape index (κ3) is 5.94. The number of hydrogen-bond donors (Lipinski definition) is 0. The minimum absolute atomic E-state index is 0.321. The van der Waals surface area contributed by atoms with E-state index in [0.717, 1.165) is 12.8 Å². The van der Waals surface area contributed by atoms with Crippen LogP contribution in [0.2, 0.25) is 0 Å². The Kier molecular flexibility index (Phi) is 7.42. The lowest BCUT2D eigenvalue weighted by Gasteiger charge is -2.22. The van der Waals surface area contributed by atoms with E-state index in [4.69, 9.17) is 14.2 Å². The minimum atomic E-state index is -0.467. The van der Waals surface area contributed by atoms with Crippen LogP contribution in [0.4, 0.5) is 0 Å². The van der Waals surface area contributed by atoms with Crippen LogP contribution in [0.5, 0.6) is 0 Å². The number of rotatable bonds is 7. The molecule has 0 aliphatic carbocycles. The first-order valence-electron chi connectivity index (χ1n) is 4.93. The highest BCUT2D eigenvalue weighted by atomic mass is 16.7. The maximum Gasteiger partial charge on any atom is 0.303 e. The molecular formula is C10H20O4. The summed E-state index contributed by atoms with van der Waals surface area (Å²) in [5, 5.41) is 0. The minimum Gasteiger partial charge on any atom is -0.457 e. The molecule has 0 aromatic heterocycles. The van der Waals surface area contributed by atoms with Crippen LogP contribution in [0.1, 0.15) is 33.6 Å². The summed E-state index contributed by atoms with van der Waals surface area (Å²) in [5.74, 6) is -0.321. The molecule has 14 heavy (non-hydrogen) atoms. The van der Waals surface area contributed by atoms with E-state index in [9.17, 15) is 4.79 Å². The van der Waals surface area contributed by atoms with E-state index in [1.165, 1.54) is 14.0 Å². The van der Waals surface area contributed by atoms with Crippen LogP contribution in [0.3, 0.4) is 0 Å². The topological polar surface area (TPSA) is 44.8 Å². The summed E-state index contributed by atoms with van der Waals surface area (Å²) in [4.78, 5) is 10.7. The van der Waals surface area contributed by atoms with Gasteiger partial charge in [0.05, 0.1) is 0 Å². The lowest BCUT2D eigenvalue weighted by atomic mass is 10.3. The summed E-state index contributed by atoms with van der Waals surface area (Å²) in [6.07, 6.45) is 1.21. The molecule has 0 N–H and O–H groups in total. The lowest BCUT2D eigenvalue weighted by molar-refractivity contribution is -0.195. The monoisotopic (exact) mass is 204 g/mol. The standard InChI is InChI=1S/C10H20O4/c1-5-6-7-13-10(12-4)8(2)14-9(3)11/h8,10H,5-7H2,1-4H3. The van der Waals surface area contributed by atoms with Crippen molar-refractivity contribution in [2.75, 3.05) is 13.7 Å². The molecule has 0 spiro atoms. The Morgan fingerprint density at radius 3 is 2.50 bits per heavy atom. The third-order valence-electron chi connectivity index (χ3n) is 1.75. The van der Waals surface area contributed by atoms with Gasteiger partial charge in [-0.3, -0.25) is 4.79 Å². The van der Waals surface area contributed by atoms with E-state index in [1.807, 2.05) is 0 Å². The molecule has 0 fully saturated rings. The van der Waals surface area contributed by atoms with E-state index < -0.39 is 6.29 Å². The Morgan fingerprint density at radius 1 is 1.43 bits per heavy atom. The number of hydrogen-bond acceptors (Lipinski definition) is 4. The molecule has 0 bridgehead atoms. The van der Waals surface area contributed by atoms with Gasteiger partial charge >= 0.3 is 5.97 Å². The number of carbonyl (C=O) groups is 1. The number of unbranched alkanes of at least 4 members (excludes halogenated alkanes) is 1. The average Bonchev–Trinajstić information content (AvgIpc) is 2.11. The van der Waals surface area contributed by atoms with Crippen molar-refractivity contribution in [1.29, 1.82) is 0 Å². The molecule has 0 amide bonds. The second-order valence-electron chi connectivity index (χ2n) is 3.14. The molecule has 0 heterocycles. The van der Waals surface area contributed by atoms with Gasteiger partial charge < -0.3 is 14.2 Å². The van der Waals surface area contributed by atoms with E-state index in [1.54, 1.807) is 6.92 Å². The van der Waals surface area contributed by atoms with Gasteiger partial charge in [-0.15, -0.1) is 0 Å². The molecule has 0 rings (SSSR count). The Morgan fingerprint density at radius 2 is 2.07 bits per heavy atom. The molecule has 0 aromatic rings. The highest BCUT2D eigenvalue weighted by Crippen LogP contribution is 2.06. The SMILES string of the molecule is CCCCOC(OC)C(C)OC(C)=O. The van der Waals surface area contributed by atoms with Gasteiger partial charge in [-0.05, 0) is 13.3 Å². The van der Waals surface area contributed by atoms with Crippen LogP contribution in [0, 0.1) is 0 Å². The second kappa shape index (κ2) is 7.76. The predicted octanol–water partition coefficient (Wildman–Crippen LogP) is 1.73. The van der Waals surface area contributed by atoms with Crippen molar-refractivity contribution >= 4 is 5.97 Å². The molecule has 2 unspecified atom stereocenters. The summed E-state index contributed by atoms with van der Waals surface area (Å²) in [5.41, 5.74) is 0. The van der Waals surface area contributed by atoms with E-state index in [0.29, 0.717) is 6.61 Å². The van der Waals surface area contributed by atoms with E-state index >= 15 is 0 Å². The van der Waals surface area contributed by atoms with Crippen LogP contribution in [0.25, 0.3) is 0 Å². The first-order valence-corrected chi connectivity index (χ1v) is 4.93. The van der Waals surface area contributed by atoms with Gasteiger partial charge in [-0.25, -0.2) is 0 Å². The van der Waals surface area contributed by atoms with Gasteiger partial charge in [0.2, 0.25) is 0 Å². The fourth-order valence-corrected chi connectivity index (χ4v) is 1.06. The maximum absolute atomic E-state index is 10.7. The molecule has 0 saturated carbocycles. The normalized spacial score (nSPS) is 14.9. The zero-order chi connectivity index (χ0) is 11.0. The van der Waals surface area contributed by atoms with Crippen molar-refractivity contribution < 1.29 is 19.0 Å².